The van der Waals surface area contributed by atoms with Gasteiger partial charge in [-0.3, -0.25) is 9.36 Å². The number of hydrazone groups is 1. The molecule has 0 fully saturated rings. The van der Waals surface area contributed by atoms with Gasteiger partial charge in [-0.05, 0) is 43.3 Å². The maximum atomic E-state index is 12.4. The summed E-state index contributed by atoms with van der Waals surface area (Å²) in [5.74, 6) is 1.20. The second kappa shape index (κ2) is 11.0. The summed E-state index contributed by atoms with van der Waals surface area (Å²) in [4.78, 5) is 12.4. The van der Waals surface area contributed by atoms with Crippen LogP contribution >= 0.6 is 23.4 Å². The van der Waals surface area contributed by atoms with Crippen molar-refractivity contribution in [2.45, 2.75) is 12.1 Å². The van der Waals surface area contributed by atoms with Gasteiger partial charge < -0.3 is 4.74 Å². The monoisotopic (exact) mass is 491 g/mol. The predicted molar refractivity (Wildman–Crippen MR) is 136 cm³/mol. The van der Waals surface area contributed by atoms with Crippen LogP contribution in [0, 0.1) is 6.92 Å². The quantitative estimate of drug-likeness (QED) is 0.209. The fourth-order valence-corrected chi connectivity index (χ4v) is 4.06. The van der Waals surface area contributed by atoms with Crippen molar-refractivity contribution in [3.8, 4) is 22.8 Å². The highest BCUT2D eigenvalue weighted by molar-refractivity contribution is 7.99. The van der Waals surface area contributed by atoms with Crippen molar-refractivity contribution in [1.82, 2.24) is 20.2 Å². The van der Waals surface area contributed by atoms with Gasteiger partial charge in [-0.1, -0.05) is 65.3 Å². The number of nitrogens with zero attached hydrogens (tertiary/aromatic N) is 4. The minimum absolute atomic E-state index is 0.114. The highest BCUT2D eigenvalue weighted by atomic mass is 35.5. The first-order valence-electron chi connectivity index (χ1n) is 10.4. The molecule has 0 radical (unpaired) electrons. The molecule has 172 valence electrons. The number of aromatic nitrogens is 3. The Morgan fingerprint density at radius 3 is 2.56 bits per heavy atom. The normalized spacial score (nSPS) is 11.0. The summed E-state index contributed by atoms with van der Waals surface area (Å²) in [5.41, 5.74) is 6.24. The van der Waals surface area contributed by atoms with Crippen molar-refractivity contribution in [2.24, 2.45) is 5.10 Å². The van der Waals surface area contributed by atoms with Crippen molar-refractivity contribution in [1.29, 1.82) is 0 Å². The predicted octanol–water partition coefficient (Wildman–Crippen LogP) is 5.15. The second-order valence-electron chi connectivity index (χ2n) is 7.31. The number of rotatable bonds is 8. The molecule has 1 aromatic heterocycles. The Kier molecular flexibility index (Phi) is 7.61. The molecule has 0 spiro atoms. The maximum absolute atomic E-state index is 12.4. The number of aryl methyl sites for hydroxylation is 1. The summed E-state index contributed by atoms with van der Waals surface area (Å²) in [7, 11) is 1.59. The van der Waals surface area contributed by atoms with E-state index in [2.05, 4.69) is 20.7 Å². The second-order valence-corrected chi connectivity index (χ2v) is 8.69. The van der Waals surface area contributed by atoms with Gasteiger partial charge in [-0.15, -0.1) is 10.2 Å². The third-order valence-corrected chi connectivity index (χ3v) is 6.07. The highest BCUT2D eigenvalue weighted by Crippen LogP contribution is 2.28. The van der Waals surface area contributed by atoms with Crippen molar-refractivity contribution >= 4 is 35.5 Å². The van der Waals surface area contributed by atoms with Gasteiger partial charge in [-0.25, -0.2) is 5.43 Å². The molecule has 0 bridgehead atoms. The molecule has 0 unspecified atom stereocenters. The number of para-hydroxylation sites is 1. The Bertz CT molecular complexity index is 1300. The molecule has 0 aliphatic carbocycles. The topological polar surface area (TPSA) is 81.4 Å². The SMILES string of the molecule is COc1ccccc1/C=N/NC(=O)CSc1nnc(-c2ccc(C)cc2)n1-c1ccc(Cl)cc1. The Morgan fingerprint density at radius 2 is 1.82 bits per heavy atom. The van der Waals surface area contributed by atoms with E-state index >= 15 is 0 Å². The average molecular weight is 492 g/mol. The summed E-state index contributed by atoms with van der Waals surface area (Å²) in [6.07, 6.45) is 1.55. The minimum Gasteiger partial charge on any atom is -0.496 e. The molecule has 0 saturated heterocycles. The van der Waals surface area contributed by atoms with Crippen LogP contribution in [0.25, 0.3) is 17.1 Å². The lowest BCUT2D eigenvalue weighted by atomic mass is 10.1. The zero-order valence-electron chi connectivity index (χ0n) is 18.6. The molecular weight excluding hydrogens is 470 g/mol. The molecule has 4 rings (SSSR count). The fourth-order valence-electron chi connectivity index (χ4n) is 3.19. The van der Waals surface area contributed by atoms with E-state index in [-0.39, 0.29) is 11.7 Å². The standard InChI is InChI=1S/C25H22ClN5O2S/c1-17-7-9-18(10-8-17)24-29-30-25(31(24)21-13-11-20(26)12-14-21)34-16-23(32)28-27-15-19-5-3-4-6-22(19)33-2/h3-15H,16H2,1-2H3,(H,28,32)/b27-15+. The third kappa shape index (κ3) is 5.65. The van der Waals surface area contributed by atoms with Crippen molar-refractivity contribution < 1.29 is 9.53 Å². The van der Waals surface area contributed by atoms with Crippen LogP contribution in [0.1, 0.15) is 11.1 Å². The molecule has 1 heterocycles. The Hall–Kier alpha value is -3.62. The number of carbonyl (C=O) groups excluding carboxylic acids is 1. The fraction of sp³-hybridized carbons (Fsp3) is 0.120. The molecule has 0 aliphatic rings. The molecule has 3 aromatic carbocycles. The number of hydrogen-bond donors (Lipinski definition) is 1. The average Bonchev–Trinajstić information content (AvgIpc) is 3.28. The number of methoxy groups -OCH3 is 1. The first-order valence-corrected chi connectivity index (χ1v) is 11.8. The minimum atomic E-state index is -0.265. The van der Waals surface area contributed by atoms with Gasteiger partial charge in [0.25, 0.3) is 5.91 Å². The van der Waals surface area contributed by atoms with Crippen LogP contribution in [0.5, 0.6) is 5.75 Å². The molecule has 1 N–H and O–H groups in total. The number of carbonyl (C=O) groups is 1. The van der Waals surface area contributed by atoms with Gasteiger partial charge in [0.2, 0.25) is 0 Å². The molecule has 0 aliphatic heterocycles. The van der Waals surface area contributed by atoms with E-state index in [0.717, 1.165) is 22.4 Å². The van der Waals surface area contributed by atoms with E-state index in [1.165, 1.54) is 11.8 Å². The summed E-state index contributed by atoms with van der Waals surface area (Å²) in [6.45, 7) is 2.03. The largest absolute Gasteiger partial charge is 0.496 e. The van der Waals surface area contributed by atoms with E-state index in [9.17, 15) is 4.79 Å². The number of halogens is 1. The van der Waals surface area contributed by atoms with E-state index in [0.29, 0.717) is 21.8 Å². The summed E-state index contributed by atoms with van der Waals surface area (Å²) in [6, 6.07) is 22.9. The van der Waals surface area contributed by atoms with Crippen molar-refractivity contribution in [2.75, 3.05) is 12.9 Å². The van der Waals surface area contributed by atoms with Crippen molar-refractivity contribution in [3.05, 3.63) is 88.9 Å². The number of ether oxygens (including phenoxy) is 1. The number of benzene rings is 3. The van der Waals surface area contributed by atoms with E-state index < -0.39 is 0 Å². The number of hydrogen-bond acceptors (Lipinski definition) is 6. The molecule has 4 aromatic rings. The lowest BCUT2D eigenvalue weighted by Crippen LogP contribution is -2.20. The lowest BCUT2D eigenvalue weighted by molar-refractivity contribution is -0.118. The lowest BCUT2D eigenvalue weighted by Gasteiger charge is -2.10. The highest BCUT2D eigenvalue weighted by Gasteiger charge is 2.17. The van der Waals surface area contributed by atoms with Crippen LogP contribution in [0.3, 0.4) is 0 Å². The van der Waals surface area contributed by atoms with Gasteiger partial charge in [0.05, 0.1) is 19.1 Å². The molecule has 9 heteroatoms. The van der Waals surface area contributed by atoms with Crippen LogP contribution in [-0.2, 0) is 4.79 Å². The smallest absolute Gasteiger partial charge is 0.250 e. The first kappa shape index (κ1) is 23.5. The molecular formula is C25H22ClN5O2S. The third-order valence-electron chi connectivity index (χ3n) is 4.89. The maximum Gasteiger partial charge on any atom is 0.250 e. The number of amides is 1. The van der Waals surface area contributed by atoms with Crippen LogP contribution < -0.4 is 10.2 Å². The molecule has 0 atom stereocenters. The van der Waals surface area contributed by atoms with E-state index in [1.54, 1.807) is 13.3 Å². The Morgan fingerprint density at radius 1 is 1.09 bits per heavy atom. The van der Waals surface area contributed by atoms with Gasteiger partial charge >= 0.3 is 0 Å². The van der Waals surface area contributed by atoms with Gasteiger partial charge in [0.15, 0.2) is 11.0 Å². The summed E-state index contributed by atoms with van der Waals surface area (Å²) in [5, 5.41) is 14.0. The molecule has 34 heavy (non-hydrogen) atoms. The molecule has 0 saturated carbocycles. The Balaban J connectivity index is 1.51. The van der Waals surface area contributed by atoms with Crippen LogP contribution in [-0.4, -0.2) is 39.7 Å². The summed E-state index contributed by atoms with van der Waals surface area (Å²) < 4.78 is 7.20. The Labute approximate surface area is 206 Å². The molecule has 7 nitrogen and oxygen atoms in total. The van der Waals surface area contributed by atoms with Gasteiger partial charge in [0, 0.05) is 21.8 Å². The van der Waals surface area contributed by atoms with Crippen LogP contribution in [0.4, 0.5) is 0 Å². The zero-order chi connectivity index (χ0) is 23.9. The molecule has 1 amide bonds. The first-order chi connectivity index (χ1) is 16.5. The number of thioether (sulfide) groups is 1. The van der Waals surface area contributed by atoms with Gasteiger partial charge in [0.1, 0.15) is 5.75 Å². The number of nitrogens with one attached hydrogen (secondary N) is 1. The van der Waals surface area contributed by atoms with E-state index in [4.69, 9.17) is 16.3 Å². The van der Waals surface area contributed by atoms with Gasteiger partial charge in [-0.2, -0.15) is 5.10 Å². The van der Waals surface area contributed by atoms with Crippen molar-refractivity contribution in [3.63, 3.8) is 0 Å². The van der Waals surface area contributed by atoms with Crippen LogP contribution in [0.15, 0.2) is 83.1 Å². The van der Waals surface area contributed by atoms with Crippen LogP contribution in [0.2, 0.25) is 5.02 Å². The zero-order valence-corrected chi connectivity index (χ0v) is 20.2. The van der Waals surface area contributed by atoms with E-state index in [1.807, 2.05) is 84.3 Å². The summed E-state index contributed by atoms with van der Waals surface area (Å²) >= 11 is 7.35.